The van der Waals surface area contributed by atoms with Crippen LogP contribution in [-0.2, 0) is 16.0 Å². The number of amides is 2. The van der Waals surface area contributed by atoms with E-state index < -0.39 is 23.8 Å². The summed E-state index contributed by atoms with van der Waals surface area (Å²) in [6.07, 6.45) is 0.294. The number of rotatable bonds is 8. The van der Waals surface area contributed by atoms with Crippen molar-refractivity contribution in [3.05, 3.63) is 47.7 Å². The molecule has 7 nitrogen and oxygen atoms in total. The highest BCUT2D eigenvalue weighted by atomic mass is 16.3. The Bertz CT molecular complexity index is 684. The molecule has 2 amide bonds. The maximum Gasteiger partial charge on any atom is 0.238 e. The average molecular weight is 330 g/mol. The summed E-state index contributed by atoms with van der Waals surface area (Å²) in [5.74, 6) is -2.11. The van der Waals surface area contributed by atoms with E-state index in [-0.39, 0.29) is 6.42 Å². The van der Waals surface area contributed by atoms with Gasteiger partial charge in [0.25, 0.3) is 0 Å². The first-order valence-electron chi connectivity index (χ1n) is 7.80. The monoisotopic (exact) mass is 330 g/mol. The van der Waals surface area contributed by atoms with Crippen molar-refractivity contribution in [2.75, 3.05) is 5.32 Å². The maximum absolute atomic E-state index is 12.2. The van der Waals surface area contributed by atoms with Gasteiger partial charge in [-0.05, 0) is 31.7 Å². The molecule has 0 radical (unpaired) electrons. The van der Waals surface area contributed by atoms with Gasteiger partial charge in [0.15, 0.2) is 5.82 Å². The molecule has 1 heterocycles. The highest BCUT2D eigenvalue weighted by Gasteiger charge is 2.27. The Hall–Kier alpha value is -2.67. The number of hydrogen-bond donors (Lipinski definition) is 4. The molecule has 2 aromatic rings. The zero-order valence-electron chi connectivity index (χ0n) is 13.5. The van der Waals surface area contributed by atoms with Gasteiger partial charge in [-0.1, -0.05) is 30.3 Å². The van der Waals surface area contributed by atoms with Crippen molar-refractivity contribution >= 4 is 17.6 Å². The number of aliphatic hydroxyl groups excluding tert-OH is 1. The number of nitrogens with zero attached hydrogens (tertiary/aromatic N) is 1. The van der Waals surface area contributed by atoms with Gasteiger partial charge in [-0.3, -0.25) is 14.7 Å². The second-order valence-corrected chi connectivity index (χ2v) is 5.79. The van der Waals surface area contributed by atoms with E-state index in [1.165, 1.54) is 0 Å². The molecule has 0 spiro atoms. The third-order valence-corrected chi connectivity index (χ3v) is 3.73. The van der Waals surface area contributed by atoms with Crippen LogP contribution in [0.25, 0.3) is 0 Å². The minimum Gasteiger partial charge on any atom is -0.393 e. The maximum atomic E-state index is 12.2. The van der Waals surface area contributed by atoms with Gasteiger partial charge in [0, 0.05) is 11.8 Å². The molecule has 5 N–H and O–H groups in total. The fourth-order valence-corrected chi connectivity index (χ4v) is 2.42. The average Bonchev–Trinajstić information content (AvgIpc) is 2.96. The molecule has 128 valence electrons. The van der Waals surface area contributed by atoms with Gasteiger partial charge in [0.2, 0.25) is 11.8 Å². The van der Waals surface area contributed by atoms with Gasteiger partial charge in [-0.2, -0.15) is 5.10 Å². The molecule has 1 aromatic heterocycles. The predicted octanol–water partition coefficient (Wildman–Crippen LogP) is 1.14. The number of aliphatic hydroxyl groups is 1. The fraction of sp³-hybridized carbons (Fsp3) is 0.353. The molecule has 0 bridgehead atoms. The van der Waals surface area contributed by atoms with Crippen LogP contribution in [0.15, 0.2) is 36.4 Å². The first-order chi connectivity index (χ1) is 11.5. The molecule has 0 saturated carbocycles. The minimum absolute atomic E-state index is 0.0165. The number of aryl methyl sites for hydroxylation is 2. The fourth-order valence-electron chi connectivity index (χ4n) is 2.42. The normalized spacial score (nSPS) is 13.2. The minimum atomic E-state index is -1.10. The summed E-state index contributed by atoms with van der Waals surface area (Å²) in [5, 5.41) is 19.2. The summed E-state index contributed by atoms with van der Waals surface area (Å²) in [4.78, 5) is 23.8. The SMILES string of the molecule is Cc1cc(NC(=O)[C@H](C[C@@H](O)CCc2ccccc2)C(N)=O)n[nH]1. The second-order valence-electron chi connectivity index (χ2n) is 5.79. The lowest BCUT2D eigenvalue weighted by atomic mass is 9.96. The van der Waals surface area contributed by atoms with Crippen LogP contribution in [0.4, 0.5) is 5.82 Å². The van der Waals surface area contributed by atoms with Gasteiger partial charge >= 0.3 is 0 Å². The van der Waals surface area contributed by atoms with E-state index in [1.807, 2.05) is 30.3 Å². The summed E-state index contributed by atoms with van der Waals surface area (Å²) < 4.78 is 0. The van der Waals surface area contributed by atoms with E-state index in [0.717, 1.165) is 11.3 Å². The molecule has 7 heteroatoms. The summed E-state index contributed by atoms with van der Waals surface area (Å²) in [6, 6.07) is 11.3. The summed E-state index contributed by atoms with van der Waals surface area (Å²) >= 11 is 0. The van der Waals surface area contributed by atoms with E-state index in [0.29, 0.717) is 18.7 Å². The molecule has 0 aliphatic heterocycles. The van der Waals surface area contributed by atoms with Crippen LogP contribution in [0.1, 0.15) is 24.1 Å². The van der Waals surface area contributed by atoms with E-state index >= 15 is 0 Å². The van der Waals surface area contributed by atoms with Crippen LogP contribution in [-0.4, -0.2) is 33.2 Å². The Labute approximate surface area is 140 Å². The zero-order chi connectivity index (χ0) is 17.5. The number of anilines is 1. The van der Waals surface area contributed by atoms with Crippen molar-refractivity contribution < 1.29 is 14.7 Å². The van der Waals surface area contributed by atoms with Crippen molar-refractivity contribution in [3.63, 3.8) is 0 Å². The molecule has 0 fully saturated rings. The largest absolute Gasteiger partial charge is 0.393 e. The molecule has 24 heavy (non-hydrogen) atoms. The van der Waals surface area contributed by atoms with Crippen LogP contribution >= 0.6 is 0 Å². The van der Waals surface area contributed by atoms with E-state index in [4.69, 9.17) is 5.73 Å². The van der Waals surface area contributed by atoms with Gasteiger partial charge in [0.1, 0.15) is 5.92 Å². The zero-order valence-corrected chi connectivity index (χ0v) is 13.5. The highest BCUT2D eigenvalue weighted by Crippen LogP contribution is 2.15. The number of hydrogen-bond acceptors (Lipinski definition) is 4. The van der Waals surface area contributed by atoms with Crippen molar-refractivity contribution in [1.29, 1.82) is 0 Å². The van der Waals surface area contributed by atoms with Gasteiger partial charge < -0.3 is 16.2 Å². The van der Waals surface area contributed by atoms with Gasteiger partial charge in [-0.15, -0.1) is 0 Å². The molecular formula is C17H22N4O3. The number of carbonyl (C=O) groups is 2. The number of aromatic nitrogens is 2. The Morgan fingerprint density at radius 1 is 1.33 bits per heavy atom. The summed E-state index contributed by atoms with van der Waals surface area (Å²) in [5.41, 5.74) is 7.18. The molecule has 0 saturated heterocycles. The standard InChI is InChI=1S/C17H22N4O3/c1-11-9-15(21-20-11)19-17(24)14(16(18)23)10-13(22)8-7-12-5-3-2-4-6-12/h2-6,9,13-14,22H,7-8,10H2,1H3,(H2,18,23)(H2,19,20,21,24)/t13-,14+/m0/s1. The van der Waals surface area contributed by atoms with Crippen LogP contribution in [0.5, 0.6) is 0 Å². The van der Waals surface area contributed by atoms with Crippen LogP contribution in [0.3, 0.4) is 0 Å². The first kappa shape index (κ1) is 17.7. The molecule has 0 aliphatic rings. The Balaban J connectivity index is 1.89. The van der Waals surface area contributed by atoms with E-state index in [2.05, 4.69) is 15.5 Å². The number of aromatic amines is 1. The molecule has 0 aliphatic carbocycles. The van der Waals surface area contributed by atoms with Crippen molar-refractivity contribution in [1.82, 2.24) is 10.2 Å². The van der Waals surface area contributed by atoms with Gasteiger partial charge in [-0.25, -0.2) is 0 Å². The van der Waals surface area contributed by atoms with Crippen molar-refractivity contribution in [2.24, 2.45) is 11.7 Å². The van der Waals surface area contributed by atoms with Crippen molar-refractivity contribution in [2.45, 2.75) is 32.3 Å². The van der Waals surface area contributed by atoms with E-state index in [9.17, 15) is 14.7 Å². The van der Waals surface area contributed by atoms with Gasteiger partial charge in [0.05, 0.1) is 6.10 Å². The lowest BCUT2D eigenvalue weighted by Gasteiger charge is -2.17. The third-order valence-electron chi connectivity index (χ3n) is 3.73. The number of carbonyl (C=O) groups excluding carboxylic acids is 2. The molecular weight excluding hydrogens is 308 g/mol. The predicted molar refractivity (Wildman–Crippen MR) is 90.0 cm³/mol. The number of nitrogens with one attached hydrogen (secondary N) is 2. The quantitative estimate of drug-likeness (QED) is 0.542. The smallest absolute Gasteiger partial charge is 0.238 e. The molecule has 2 atom stereocenters. The summed E-state index contributed by atoms with van der Waals surface area (Å²) in [6.45, 7) is 1.79. The Kier molecular flexibility index (Phi) is 6.08. The summed E-state index contributed by atoms with van der Waals surface area (Å²) in [7, 11) is 0. The Morgan fingerprint density at radius 2 is 2.04 bits per heavy atom. The lowest BCUT2D eigenvalue weighted by Crippen LogP contribution is -2.37. The topological polar surface area (TPSA) is 121 Å². The number of H-pyrrole nitrogens is 1. The second kappa shape index (κ2) is 8.26. The number of nitrogens with two attached hydrogens (primary N) is 1. The van der Waals surface area contributed by atoms with Crippen LogP contribution in [0, 0.1) is 12.8 Å². The van der Waals surface area contributed by atoms with Crippen LogP contribution in [0.2, 0.25) is 0 Å². The lowest BCUT2D eigenvalue weighted by molar-refractivity contribution is -0.131. The molecule has 1 aromatic carbocycles. The van der Waals surface area contributed by atoms with Crippen LogP contribution < -0.4 is 11.1 Å². The van der Waals surface area contributed by atoms with Crippen molar-refractivity contribution in [3.8, 4) is 0 Å². The number of benzene rings is 1. The van der Waals surface area contributed by atoms with E-state index in [1.54, 1.807) is 13.0 Å². The third kappa shape index (κ3) is 5.20. The highest BCUT2D eigenvalue weighted by molar-refractivity contribution is 6.05. The molecule has 2 rings (SSSR count). The number of primary amides is 1. The molecule has 0 unspecified atom stereocenters. The Morgan fingerprint density at radius 3 is 2.62 bits per heavy atom. The first-order valence-corrected chi connectivity index (χ1v) is 7.80.